The van der Waals surface area contributed by atoms with Crippen LogP contribution < -0.4 is 29.6 Å². The number of benzene rings is 1. The fourth-order valence-electron chi connectivity index (χ4n) is 0.428. The molecule has 0 radical (unpaired) electrons. The molecule has 1 rings (SSSR count). The Balaban J connectivity index is -0.000000149. The standard InChI is InChI=1S/C6H6S.CH2O.Na.H/c7-6-4-2-1-3-5-6;1-2;;/h1-5,7H;1H2;;/q;;+1;-1. The van der Waals surface area contributed by atoms with E-state index in [2.05, 4.69) is 12.6 Å². The van der Waals surface area contributed by atoms with E-state index >= 15 is 0 Å². The molecule has 0 aliphatic rings. The average Bonchev–Trinajstić information content (AvgIpc) is 1.94. The minimum Gasteiger partial charge on any atom is -1.00 e. The monoisotopic (exact) mass is 164 g/mol. The van der Waals surface area contributed by atoms with Crippen LogP contribution >= 0.6 is 12.6 Å². The van der Waals surface area contributed by atoms with Gasteiger partial charge in [-0.2, -0.15) is 0 Å². The van der Waals surface area contributed by atoms with Gasteiger partial charge in [-0.05, 0) is 12.1 Å². The molecule has 0 heterocycles. The molecule has 0 spiro atoms. The van der Waals surface area contributed by atoms with Crippen molar-refractivity contribution >= 4 is 19.4 Å². The van der Waals surface area contributed by atoms with Gasteiger partial charge in [0, 0.05) is 4.90 Å². The number of rotatable bonds is 0. The van der Waals surface area contributed by atoms with E-state index in [1.807, 2.05) is 37.1 Å². The quantitative estimate of drug-likeness (QED) is 0.381. The van der Waals surface area contributed by atoms with Crippen molar-refractivity contribution in [2.45, 2.75) is 4.90 Å². The summed E-state index contributed by atoms with van der Waals surface area (Å²) in [6.07, 6.45) is 0. The molecule has 0 fully saturated rings. The molecular formula is C7H9NaOS. The van der Waals surface area contributed by atoms with Gasteiger partial charge in [0.1, 0.15) is 6.79 Å². The number of thiol groups is 1. The fraction of sp³-hybridized carbons (Fsp3) is 0. The van der Waals surface area contributed by atoms with Crippen LogP contribution in [-0.4, -0.2) is 6.79 Å². The normalized spacial score (nSPS) is 6.50. The zero-order valence-corrected chi connectivity index (χ0v) is 8.84. The number of hydrogen-bond donors (Lipinski definition) is 1. The summed E-state index contributed by atoms with van der Waals surface area (Å²) in [5, 5.41) is 0. The Bertz CT molecular complexity index is 160. The van der Waals surface area contributed by atoms with Crippen molar-refractivity contribution in [2.24, 2.45) is 0 Å². The molecule has 0 saturated carbocycles. The van der Waals surface area contributed by atoms with E-state index in [9.17, 15) is 0 Å². The van der Waals surface area contributed by atoms with Crippen LogP contribution in [0.4, 0.5) is 0 Å². The summed E-state index contributed by atoms with van der Waals surface area (Å²) in [6, 6.07) is 9.79. The predicted molar refractivity (Wildman–Crippen MR) is 41.9 cm³/mol. The molecule has 0 N–H and O–H groups in total. The topological polar surface area (TPSA) is 17.1 Å². The SMILES string of the molecule is C=O.Sc1ccccc1.[H-].[Na+]. The maximum Gasteiger partial charge on any atom is 1.00 e. The van der Waals surface area contributed by atoms with Crippen LogP contribution in [0, 0.1) is 0 Å². The summed E-state index contributed by atoms with van der Waals surface area (Å²) < 4.78 is 0. The smallest absolute Gasteiger partial charge is 1.00 e. The van der Waals surface area contributed by atoms with Crippen LogP contribution in [0.1, 0.15) is 1.43 Å². The third-order valence-electron chi connectivity index (χ3n) is 0.756. The molecule has 3 heteroatoms. The number of hydrogen-bond acceptors (Lipinski definition) is 2. The second-order valence-electron chi connectivity index (χ2n) is 1.34. The van der Waals surface area contributed by atoms with Crippen LogP contribution in [0.2, 0.25) is 0 Å². The number of carbonyl (C=O) groups excluding carboxylic acids is 1. The van der Waals surface area contributed by atoms with Gasteiger partial charge in [-0.1, -0.05) is 18.2 Å². The van der Waals surface area contributed by atoms with Gasteiger partial charge in [0.25, 0.3) is 0 Å². The third kappa shape index (κ3) is 6.36. The molecule has 50 valence electrons. The maximum absolute atomic E-state index is 8.00. The Morgan fingerprint density at radius 3 is 1.80 bits per heavy atom. The zero-order chi connectivity index (χ0) is 7.11. The van der Waals surface area contributed by atoms with E-state index in [1.54, 1.807) is 0 Å². The predicted octanol–water partition coefficient (Wildman–Crippen LogP) is -1.09. The Morgan fingerprint density at radius 1 is 1.20 bits per heavy atom. The molecule has 0 saturated heterocycles. The second-order valence-corrected chi connectivity index (χ2v) is 1.85. The minimum atomic E-state index is 0. The molecule has 0 atom stereocenters. The third-order valence-corrected chi connectivity index (χ3v) is 1.05. The van der Waals surface area contributed by atoms with Crippen molar-refractivity contribution in [3.63, 3.8) is 0 Å². The first-order valence-corrected chi connectivity index (χ1v) is 2.87. The Morgan fingerprint density at radius 2 is 1.60 bits per heavy atom. The van der Waals surface area contributed by atoms with Crippen molar-refractivity contribution < 1.29 is 35.8 Å². The maximum atomic E-state index is 8.00. The van der Waals surface area contributed by atoms with Crippen molar-refractivity contribution in [3.05, 3.63) is 30.3 Å². The Kier molecular flexibility index (Phi) is 11.9. The van der Waals surface area contributed by atoms with E-state index in [0.29, 0.717) is 0 Å². The fourth-order valence-corrected chi connectivity index (χ4v) is 0.600. The summed E-state index contributed by atoms with van der Waals surface area (Å²) in [6.45, 7) is 2.00. The molecule has 0 aliphatic heterocycles. The van der Waals surface area contributed by atoms with E-state index in [0.717, 1.165) is 4.90 Å². The molecule has 0 bridgehead atoms. The van der Waals surface area contributed by atoms with Gasteiger partial charge in [0.15, 0.2) is 0 Å². The average molecular weight is 164 g/mol. The van der Waals surface area contributed by atoms with Crippen molar-refractivity contribution in [1.29, 1.82) is 0 Å². The molecular weight excluding hydrogens is 155 g/mol. The van der Waals surface area contributed by atoms with Crippen LogP contribution in [0.15, 0.2) is 35.2 Å². The largest absolute Gasteiger partial charge is 1.00 e. The molecule has 0 unspecified atom stereocenters. The van der Waals surface area contributed by atoms with Crippen LogP contribution in [0.25, 0.3) is 0 Å². The molecule has 1 aromatic carbocycles. The van der Waals surface area contributed by atoms with Gasteiger partial charge in [-0.25, -0.2) is 0 Å². The van der Waals surface area contributed by atoms with Gasteiger partial charge in [0.2, 0.25) is 0 Å². The van der Waals surface area contributed by atoms with E-state index < -0.39 is 0 Å². The summed E-state index contributed by atoms with van der Waals surface area (Å²) in [7, 11) is 0. The first-order valence-electron chi connectivity index (χ1n) is 2.42. The summed E-state index contributed by atoms with van der Waals surface area (Å²) in [5.74, 6) is 0. The second kappa shape index (κ2) is 9.24. The first kappa shape index (κ1) is 12.9. The van der Waals surface area contributed by atoms with Crippen LogP contribution in [0.3, 0.4) is 0 Å². The van der Waals surface area contributed by atoms with Gasteiger partial charge in [-0.15, -0.1) is 12.6 Å². The molecule has 0 aromatic heterocycles. The summed E-state index contributed by atoms with van der Waals surface area (Å²) in [4.78, 5) is 9.02. The van der Waals surface area contributed by atoms with Gasteiger partial charge >= 0.3 is 29.6 Å². The zero-order valence-electron chi connectivity index (χ0n) is 6.95. The summed E-state index contributed by atoms with van der Waals surface area (Å²) >= 11 is 4.08. The van der Waals surface area contributed by atoms with Crippen molar-refractivity contribution in [3.8, 4) is 0 Å². The van der Waals surface area contributed by atoms with Crippen LogP contribution in [0.5, 0.6) is 0 Å². The molecule has 1 aromatic rings. The van der Waals surface area contributed by atoms with Crippen LogP contribution in [-0.2, 0) is 4.79 Å². The van der Waals surface area contributed by atoms with Gasteiger partial charge < -0.3 is 6.22 Å². The molecule has 0 aliphatic carbocycles. The van der Waals surface area contributed by atoms with Crippen molar-refractivity contribution in [2.75, 3.05) is 0 Å². The van der Waals surface area contributed by atoms with Gasteiger partial charge in [-0.3, -0.25) is 0 Å². The first-order chi connectivity index (χ1) is 4.39. The van der Waals surface area contributed by atoms with Gasteiger partial charge in [0.05, 0.1) is 0 Å². The molecule has 0 amide bonds. The Labute approximate surface area is 90.0 Å². The number of carbonyl (C=O) groups is 1. The molecule has 1 nitrogen and oxygen atoms in total. The molecule has 10 heavy (non-hydrogen) atoms. The minimum absolute atomic E-state index is 0. The van der Waals surface area contributed by atoms with E-state index in [4.69, 9.17) is 4.79 Å². The van der Waals surface area contributed by atoms with Crippen molar-refractivity contribution in [1.82, 2.24) is 0 Å². The Hall–Kier alpha value is 0.240. The van der Waals surface area contributed by atoms with E-state index in [1.165, 1.54) is 0 Å². The van der Waals surface area contributed by atoms with E-state index in [-0.39, 0.29) is 31.0 Å². The summed E-state index contributed by atoms with van der Waals surface area (Å²) in [5.41, 5.74) is 0.